The number of fused-ring (bicyclic) bond motifs is 1. The molecule has 1 unspecified atom stereocenters. The van der Waals surface area contributed by atoms with Gasteiger partial charge in [-0.15, -0.1) is 0 Å². The number of nitrogens with one attached hydrogen (secondary N) is 1. The molecular formula is C18H20N2O2. The number of oxazole rings is 1. The molecule has 0 aliphatic carbocycles. The quantitative estimate of drug-likeness (QED) is 0.695. The Morgan fingerprint density at radius 2 is 1.77 bits per heavy atom. The van der Waals surface area contributed by atoms with Gasteiger partial charge in [-0.1, -0.05) is 38.1 Å². The topological polar surface area (TPSA) is 58.3 Å². The predicted octanol–water partition coefficient (Wildman–Crippen LogP) is 4.52. The Morgan fingerprint density at radius 1 is 1.09 bits per heavy atom. The number of hydrogen-bond donors (Lipinski definition) is 2. The van der Waals surface area contributed by atoms with Crippen LogP contribution >= 0.6 is 0 Å². The van der Waals surface area contributed by atoms with Gasteiger partial charge < -0.3 is 14.8 Å². The molecule has 3 rings (SSSR count). The second-order valence-electron chi connectivity index (χ2n) is 5.99. The minimum absolute atomic E-state index is 0.208. The Labute approximate surface area is 129 Å². The number of rotatable bonds is 4. The van der Waals surface area contributed by atoms with Gasteiger partial charge >= 0.3 is 0 Å². The van der Waals surface area contributed by atoms with Crippen molar-refractivity contribution in [2.45, 2.75) is 26.3 Å². The van der Waals surface area contributed by atoms with Crippen LogP contribution in [-0.2, 0) is 5.54 Å². The molecule has 22 heavy (non-hydrogen) atoms. The van der Waals surface area contributed by atoms with Crippen molar-refractivity contribution in [2.75, 3.05) is 5.32 Å². The Bertz CT molecular complexity index is 761. The SMILES string of the molecule is CC(C)C(C)(Nc1ccccc1O)c1nc2ccccc2o1. The Balaban J connectivity index is 2.06. The van der Waals surface area contributed by atoms with Gasteiger partial charge in [0.05, 0.1) is 5.69 Å². The highest BCUT2D eigenvalue weighted by Gasteiger charge is 2.36. The average Bonchev–Trinajstić information content (AvgIpc) is 2.94. The third-order valence-electron chi connectivity index (χ3n) is 4.19. The van der Waals surface area contributed by atoms with Crippen LogP contribution in [-0.4, -0.2) is 10.1 Å². The molecule has 0 aliphatic heterocycles. The molecule has 0 amide bonds. The predicted molar refractivity (Wildman–Crippen MR) is 87.9 cm³/mol. The van der Waals surface area contributed by atoms with E-state index in [0.29, 0.717) is 11.6 Å². The van der Waals surface area contributed by atoms with Crippen LogP contribution in [0.5, 0.6) is 5.75 Å². The monoisotopic (exact) mass is 296 g/mol. The maximum Gasteiger partial charge on any atom is 0.221 e. The number of hydrogen-bond acceptors (Lipinski definition) is 4. The third kappa shape index (κ3) is 2.41. The van der Waals surface area contributed by atoms with Gasteiger partial charge in [0.2, 0.25) is 5.89 Å². The highest BCUT2D eigenvalue weighted by Crippen LogP contribution is 2.36. The standard InChI is InChI=1S/C18H20N2O2/c1-12(2)18(3,20-13-8-4-6-10-15(13)21)17-19-14-9-5-7-11-16(14)22-17/h4-12,20-21H,1-3H3. The molecule has 2 aromatic carbocycles. The molecule has 0 aliphatic rings. The summed E-state index contributed by atoms with van der Waals surface area (Å²) >= 11 is 0. The number of benzene rings is 2. The Morgan fingerprint density at radius 3 is 2.45 bits per heavy atom. The number of nitrogens with zero attached hydrogens (tertiary/aromatic N) is 1. The fraction of sp³-hybridized carbons (Fsp3) is 0.278. The molecule has 1 heterocycles. The van der Waals surface area contributed by atoms with Crippen molar-refractivity contribution in [1.29, 1.82) is 0 Å². The van der Waals surface area contributed by atoms with Crippen molar-refractivity contribution in [2.24, 2.45) is 5.92 Å². The molecule has 0 radical (unpaired) electrons. The highest BCUT2D eigenvalue weighted by molar-refractivity contribution is 5.72. The molecular weight excluding hydrogens is 276 g/mol. The van der Waals surface area contributed by atoms with E-state index in [1.54, 1.807) is 12.1 Å². The molecule has 1 atom stereocenters. The first-order valence-electron chi connectivity index (χ1n) is 7.43. The first kappa shape index (κ1) is 14.4. The van der Waals surface area contributed by atoms with E-state index >= 15 is 0 Å². The molecule has 4 heteroatoms. The molecule has 114 valence electrons. The van der Waals surface area contributed by atoms with Gasteiger partial charge in [0.1, 0.15) is 16.8 Å². The molecule has 0 fully saturated rings. The molecule has 0 bridgehead atoms. The normalized spacial score (nSPS) is 14.2. The maximum absolute atomic E-state index is 10.0. The van der Waals surface area contributed by atoms with Crippen molar-refractivity contribution >= 4 is 16.8 Å². The summed E-state index contributed by atoms with van der Waals surface area (Å²) in [5.74, 6) is 1.04. The van der Waals surface area contributed by atoms with Crippen molar-refractivity contribution in [3.05, 3.63) is 54.4 Å². The van der Waals surface area contributed by atoms with Gasteiger partial charge in [0, 0.05) is 0 Å². The van der Waals surface area contributed by atoms with E-state index < -0.39 is 5.54 Å². The van der Waals surface area contributed by atoms with Gasteiger partial charge in [0.15, 0.2) is 5.58 Å². The van der Waals surface area contributed by atoms with Crippen LogP contribution in [0.3, 0.4) is 0 Å². The van der Waals surface area contributed by atoms with Crippen LogP contribution in [0.2, 0.25) is 0 Å². The van der Waals surface area contributed by atoms with Crippen LogP contribution in [0.4, 0.5) is 5.69 Å². The summed E-state index contributed by atoms with van der Waals surface area (Å²) < 4.78 is 5.95. The molecule has 0 saturated carbocycles. The number of anilines is 1. The van der Waals surface area contributed by atoms with Crippen LogP contribution in [0.1, 0.15) is 26.7 Å². The summed E-state index contributed by atoms with van der Waals surface area (Å²) in [6.45, 7) is 6.23. The summed E-state index contributed by atoms with van der Waals surface area (Å²) in [6.07, 6.45) is 0. The lowest BCUT2D eigenvalue weighted by atomic mass is 9.87. The first-order valence-corrected chi connectivity index (χ1v) is 7.43. The van der Waals surface area contributed by atoms with E-state index in [0.717, 1.165) is 11.1 Å². The number of aromatic hydroxyl groups is 1. The summed E-state index contributed by atoms with van der Waals surface area (Å²) in [5.41, 5.74) is 1.74. The van der Waals surface area contributed by atoms with Crippen LogP contribution in [0.25, 0.3) is 11.1 Å². The third-order valence-corrected chi connectivity index (χ3v) is 4.19. The van der Waals surface area contributed by atoms with Crippen LogP contribution < -0.4 is 5.32 Å². The lowest BCUT2D eigenvalue weighted by Crippen LogP contribution is -2.37. The smallest absolute Gasteiger partial charge is 0.221 e. The number of phenolic OH excluding ortho intramolecular Hbond substituents is 1. The van der Waals surface area contributed by atoms with Crippen molar-refractivity contribution < 1.29 is 9.52 Å². The van der Waals surface area contributed by atoms with Crippen molar-refractivity contribution in [3.8, 4) is 5.75 Å². The molecule has 0 spiro atoms. The minimum atomic E-state index is -0.530. The number of phenols is 1. The highest BCUT2D eigenvalue weighted by atomic mass is 16.4. The summed E-state index contributed by atoms with van der Waals surface area (Å²) in [6, 6.07) is 14.9. The number of aromatic nitrogens is 1. The van der Waals surface area contributed by atoms with Gasteiger partial charge in [-0.3, -0.25) is 0 Å². The van der Waals surface area contributed by atoms with E-state index in [1.807, 2.05) is 43.3 Å². The second kappa shape index (κ2) is 5.37. The van der Waals surface area contributed by atoms with Gasteiger partial charge in [-0.25, -0.2) is 4.98 Å². The second-order valence-corrected chi connectivity index (χ2v) is 5.99. The lowest BCUT2D eigenvalue weighted by molar-refractivity contribution is 0.305. The van der Waals surface area contributed by atoms with Crippen molar-refractivity contribution in [3.63, 3.8) is 0 Å². The number of para-hydroxylation sites is 4. The molecule has 3 aromatic rings. The van der Waals surface area contributed by atoms with Gasteiger partial charge in [-0.2, -0.15) is 0 Å². The van der Waals surface area contributed by atoms with E-state index in [4.69, 9.17) is 4.42 Å². The zero-order valence-electron chi connectivity index (χ0n) is 13.0. The summed E-state index contributed by atoms with van der Waals surface area (Å²) in [5, 5.41) is 13.4. The van der Waals surface area contributed by atoms with Gasteiger partial charge in [-0.05, 0) is 37.1 Å². The summed E-state index contributed by atoms with van der Waals surface area (Å²) in [7, 11) is 0. The summed E-state index contributed by atoms with van der Waals surface area (Å²) in [4.78, 5) is 4.62. The lowest BCUT2D eigenvalue weighted by Gasteiger charge is -2.33. The first-order chi connectivity index (χ1) is 10.5. The zero-order chi connectivity index (χ0) is 15.7. The zero-order valence-corrected chi connectivity index (χ0v) is 13.0. The average molecular weight is 296 g/mol. The van der Waals surface area contributed by atoms with E-state index in [2.05, 4.69) is 24.1 Å². The van der Waals surface area contributed by atoms with Crippen LogP contribution in [0, 0.1) is 5.92 Å². The molecule has 4 nitrogen and oxygen atoms in total. The van der Waals surface area contributed by atoms with E-state index in [1.165, 1.54) is 0 Å². The van der Waals surface area contributed by atoms with E-state index in [9.17, 15) is 5.11 Å². The molecule has 2 N–H and O–H groups in total. The van der Waals surface area contributed by atoms with Crippen LogP contribution in [0.15, 0.2) is 52.9 Å². The Kier molecular flexibility index (Phi) is 3.53. The Hall–Kier alpha value is -2.49. The fourth-order valence-corrected chi connectivity index (χ4v) is 2.40. The molecule has 0 saturated heterocycles. The van der Waals surface area contributed by atoms with Gasteiger partial charge in [0.25, 0.3) is 0 Å². The minimum Gasteiger partial charge on any atom is -0.506 e. The fourth-order valence-electron chi connectivity index (χ4n) is 2.40. The van der Waals surface area contributed by atoms with E-state index in [-0.39, 0.29) is 11.7 Å². The maximum atomic E-state index is 10.0. The molecule has 1 aromatic heterocycles. The van der Waals surface area contributed by atoms with Crippen molar-refractivity contribution in [1.82, 2.24) is 4.98 Å². The largest absolute Gasteiger partial charge is 0.506 e.